The highest BCUT2D eigenvalue weighted by Gasteiger charge is 2.32. The number of rotatable bonds is 6. The molecule has 1 fully saturated rings. The molecule has 2 unspecified atom stereocenters. The molecule has 0 aromatic rings. The Bertz CT molecular complexity index is 388. The maximum Gasteiger partial charge on any atom is 0.318 e. The topological polar surface area (TPSA) is 108 Å². The molecule has 0 spiro atoms. The number of hydrogen-bond donors (Lipinski definition) is 3. The number of urea groups is 1. The summed E-state index contributed by atoms with van der Waals surface area (Å²) in [6.07, 6.45) is 0.807. The number of carbonyl (C=O) groups is 3. The van der Waals surface area contributed by atoms with Crippen molar-refractivity contribution in [3.63, 3.8) is 0 Å². The lowest BCUT2D eigenvalue weighted by Crippen LogP contribution is -2.58. The largest absolute Gasteiger partial charge is 0.481 e. The van der Waals surface area contributed by atoms with Gasteiger partial charge in [-0.1, -0.05) is 13.8 Å². The molecule has 3 amide bonds. The Hall–Kier alpha value is -1.83. The number of nitrogens with one attached hydrogen (secondary N) is 2. The average Bonchev–Trinajstić information content (AvgIpc) is 2.49. The zero-order chi connectivity index (χ0) is 15.8. The van der Waals surface area contributed by atoms with E-state index >= 15 is 0 Å². The van der Waals surface area contributed by atoms with Crippen LogP contribution in [-0.4, -0.2) is 66.8 Å². The van der Waals surface area contributed by atoms with Crippen LogP contribution in [0.1, 0.15) is 20.3 Å². The molecule has 8 heteroatoms. The average molecular weight is 301 g/mol. The maximum absolute atomic E-state index is 12.1. The number of hydrogen-bond acceptors (Lipinski definition) is 4. The third kappa shape index (κ3) is 5.22. The van der Waals surface area contributed by atoms with Crippen molar-refractivity contribution in [3.8, 4) is 0 Å². The standard InChI is InChI=1S/C13H23N3O5/c1-3-4-14-11(17)10-8-21-6-5-16(10)13(20)15-7-9(2)12(18)19/h9-10H,3-8H2,1-2H3,(H,14,17)(H,15,20)(H,18,19). The van der Waals surface area contributed by atoms with Crippen LogP contribution in [0.3, 0.4) is 0 Å². The van der Waals surface area contributed by atoms with E-state index in [2.05, 4.69) is 10.6 Å². The Kier molecular flexibility index (Phi) is 6.93. The molecule has 0 aromatic heterocycles. The van der Waals surface area contributed by atoms with Crippen LogP contribution in [0, 0.1) is 5.92 Å². The van der Waals surface area contributed by atoms with Gasteiger partial charge >= 0.3 is 12.0 Å². The van der Waals surface area contributed by atoms with Crippen LogP contribution in [0.25, 0.3) is 0 Å². The summed E-state index contributed by atoms with van der Waals surface area (Å²) < 4.78 is 5.25. The third-order valence-electron chi connectivity index (χ3n) is 3.22. The minimum absolute atomic E-state index is 0.0226. The number of nitrogens with zero attached hydrogens (tertiary/aromatic N) is 1. The number of carboxylic acid groups (broad SMARTS) is 1. The van der Waals surface area contributed by atoms with Crippen LogP contribution in [0.15, 0.2) is 0 Å². The molecule has 8 nitrogen and oxygen atoms in total. The van der Waals surface area contributed by atoms with E-state index in [1.807, 2.05) is 6.92 Å². The Balaban J connectivity index is 2.57. The second-order valence-corrected chi connectivity index (χ2v) is 5.00. The lowest BCUT2D eigenvalue weighted by atomic mass is 10.2. The van der Waals surface area contributed by atoms with Crippen molar-refractivity contribution in [2.24, 2.45) is 5.92 Å². The van der Waals surface area contributed by atoms with Gasteiger partial charge in [0.2, 0.25) is 5.91 Å². The fraction of sp³-hybridized carbons (Fsp3) is 0.769. The maximum atomic E-state index is 12.1. The predicted octanol–water partition coefficient (Wildman–Crippen LogP) is -0.356. The summed E-state index contributed by atoms with van der Waals surface area (Å²) in [5.41, 5.74) is 0. The van der Waals surface area contributed by atoms with Crippen LogP contribution >= 0.6 is 0 Å². The van der Waals surface area contributed by atoms with E-state index in [-0.39, 0.29) is 19.1 Å². The van der Waals surface area contributed by atoms with Crippen molar-refractivity contribution in [3.05, 3.63) is 0 Å². The van der Waals surface area contributed by atoms with Crippen molar-refractivity contribution in [2.45, 2.75) is 26.3 Å². The number of carboxylic acids is 1. The number of aliphatic carboxylic acids is 1. The molecular weight excluding hydrogens is 278 g/mol. The highest BCUT2D eigenvalue weighted by atomic mass is 16.5. The molecular formula is C13H23N3O5. The molecule has 1 rings (SSSR count). The van der Waals surface area contributed by atoms with E-state index in [4.69, 9.17) is 9.84 Å². The van der Waals surface area contributed by atoms with Crippen LogP contribution in [0.4, 0.5) is 4.79 Å². The number of carbonyl (C=O) groups excluding carboxylic acids is 2. The molecule has 0 aliphatic carbocycles. The molecule has 2 atom stereocenters. The summed E-state index contributed by atoms with van der Waals surface area (Å²) in [5.74, 6) is -1.91. The van der Waals surface area contributed by atoms with Crippen molar-refractivity contribution < 1.29 is 24.2 Å². The smallest absolute Gasteiger partial charge is 0.318 e. The number of amides is 3. The SMILES string of the molecule is CCCNC(=O)C1COCCN1C(=O)NCC(C)C(=O)O. The highest BCUT2D eigenvalue weighted by molar-refractivity contribution is 5.87. The first-order valence-electron chi connectivity index (χ1n) is 7.10. The van der Waals surface area contributed by atoms with Crippen molar-refractivity contribution in [1.82, 2.24) is 15.5 Å². The van der Waals surface area contributed by atoms with Gasteiger partial charge in [-0.2, -0.15) is 0 Å². The first-order chi connectivity index (χ1) is 9.97. The quantitative estimate of drug-likeness (QED) is 0.621. The Morgan fingerprint density at radius 2 is 2.10 bits per heavy atom. The van der Waals surface area contributed by atoms with Gasteiger partial charge in [-0.05, 0) is 6.42 Å². The summed E-state index contributed by atoms with van der Waals surface area (Å²) in [6, 6.07) is -1.12. The van der Waals surface area contributed by atoms with E-state index in [1.54, 1.807) is 0 Å². The Morgan fingerprint density at radius 1 is 1.38 bits per heavy atom. The predicted molar refractivity (Wildman–Crippen MR) is 74.8 cm³/mol. The lowest BCUT2D eigenvalue weighted by molar-refractivity contribution is -0.141. The summed E-state index contributed by atoms with van der Waals surface area (Å²) in [4.78, 5) is 36.2. The van der Waals surface area contributed by atoms with Gasteiger partial charge in [-0.25, -0.2) is 4.79 Å². The summed E-state index contributed by atoms with van der Waals surface area (Å²) >= 11 is 0. The van der Waals surface area contributed by atoms with Gasteiger partial charge < -0.3 is 25.4 Å². The molecule has 1 aliphatic rings. The molecule has 0 radical (unpaired) electrons. The molecule has 1 aliphatic heterocycles. The second-order valence-electron chi connectivity index (χ2n) is 5.00. The van der Waals surface area contributed by atoms with Gasteiger partial charge in [0.15, 0.2) is 0 Å². The van der Waals surface area contributed by atoms with Crippen LogP contribution in [0.5, 0.6) is 0 Å². The van der Waals surface area contributed by atoms with Crippen LogP contribution in [0.2, 0.25) is 0 Å². The van der Waals surface area contributed by atoms with Gasteiger partial charge in [0, 0.05) is 19.6 Å². The molecule has 0 bridgehead atoms. The third-order valence-corrected chi connectivity index (χ3v) is 3.22. The summed E-state index contributed by atoms with van der Waals surface area (Å²) in [7, 11) is 0. The highest BCUT2D eigenvalue weighted by Crippen LogP contribution is 2.08. The summed E-state index contributed by atoms with van der Waals surface area (Å²) in [5, 5.41) is 14.1. The van der Waals surface area contributed by atoms with Gasteiger partial charge in [0.25, 0.3) is 0 Å². The molecule has 0 aromatic carbocycles. The van der Waals surface area contributed by atoms with Crippen LogP contribution in [-0.2, 0) is 14.3 Å². The second kappa shape index (κ2) is 8.46. The van der Waals surface area contributed by atoms with E-state index in [1.165, 1.54) is 11.8 Å². The normalized spacial score (nSPS) is 19.7. The molecule has 1 saturated heterocycles. The zero-order valence-corrected chi connectivity index (χ0v) is 12.4. The fourth-order valence-electron chi connectivity index (χ4n) is 1.86. The van der Waals surface area contributed by atoms with Crippen molar-refractivity contribution in [2.75, 3.05) is 32.8 Å². The van der Waals surface area contributed by atoms with Gasteiger partial charge in [0.05, 0.1) is 19.1 Å². The Labute approximate surface area is 123 Å². The van der Waals surface area contributed by atoms with Crippen molar-refractivity contribution in [1.29, 1.82) is 0 Å². The van der Waals surface area contributed by atoms with Gasteiger partial charge in [0.1, 0.15) is 6.04 Å². The number of ether oxygens (including phenoxy) is 1. The monoisotopic (exact) mass is 301 g/mol. The van der Waals surface area contributed by atoms with E-state index in [9.17, 15) is 14.4 Å². The van der Waals surface area contributed by atoms with Crippen LogP contribution < -0.4 is 10.6 Å². The van der Waals surface area contributed by atoms with E-state index in [0.29, 0.717) is 19.7 Å². The first-order valence-corrected chi connectivity index (χ1v) is 7.10. The number of morpholine rings is 1. The molecule has 0 saturated carbocycles. The minimum atomic E-state index is -0.977. The van der Waals surface area contributed by atoms with Gasteiger partial charge in [-0.15, -0.1) is 0 Å². The van der Waals surface area contributed by atoms with E-state index < -0.39 is 24.0 Å². The van der Waals surface area contributed by atoms with Gasteiger partial charge in [-0.3, -0.25) is 9.59 Å². The molecule has 120 valence electrons. The Morgan fingerprint density at radius 3 is 2.71 bits per heavy atom. The molecule has 1 heterocycles. The first kappa shape index (κ1) is 17.2. The minimum Gasteiger partial charge on any atom is -0.481 e. The summed E-state index contributed by atoms with van der Waals surface area (Å²) in [6.45, 7) is 4.83. The zero-order valence-electron chi connectivity index (χ0n) is 12.4. The van der Waals surface area contributed by atoms with E-state index in [0.717, 1.165) is 6.42 Å². The lowest BCUT2D eigenvalue weighted by Gasteiger charge is -2.34. The fourth-order valence-corrected chi connectivity index (χ4v) is 1.86. The molecule has 21 heavy (non-hydrogen) atoms. The van der Waals surface area contributed by atoms with Crippen molar-refractivity contribution >= 4 is 17.9 Å². The molecule has 3 N–H and O–H groups in total.